The molecule has 2 aromatic heterocycles. The number of carbonyl (C=O) groups is 1. The van der Waals surface area contributed by atoms with Gasteiger partial charge in [0.15, 0.2) is 5.17 Å². The molecule has 1 aliphatic heterocycles. The lowest BCUT2D eigenvalue weighted by molar-refractivity contribution is -0.115. The number of pyridine rings is 1. The van der Waals surface area contributed by atoms with Gasteiger partial charge >= 0.3 is 0 Å². The fraction of sp³-hybridized carbons (Fsp3) is 0.0800. The van der Waals surface area contributed by atoms with E-state index >= 15 is 0 Å². The molecule has 0 aliphatic carbocycles. The third-order valence-corrected chi connectivity index (χ3v) is 6.04. The Kier molecular flexibility index (Phi) is 5.47. The number of methoxy groups -OCH3 is 1. The number of amides is 1. The molecule has 0 unspecified atom stereocenters. The van der Waals surface area contributed by atoms with Crippen molar-refractivity contribution >= 4 is 34.4 Å². The molecule has 6 nitrogen and oxygen atoms in total. The molecule has 0 spiro atoms. The number of aromatic nitrogens is 2. The smallest absolute Gasteiger partial charge is 0.264 e. The number of hydrogen-bond acceptors (Lipinski definition) is 5. The van der Waals surface area contributed by atoms with Crippen molar-refractivity contribution in [2.45, 2.75) is 6.54 Å². The van der Waals surface area contributed by atoms with Gasteiger partial charge in [-0.3, -0.25) is 14.2 Å². The third kappa shape index (κ3) is 4.02. The van der Waals surface area contributed by atoms with Crippen LogP contribution in [0.5, 0.6) is 5.75 Å². The molecule has 3 heterocycles. The average Bonchev–Trinajstić information content (AvgIpc) is 3.39. The van der Waals surface area contributed by atoms with Crippen LogP contribution in [-0.2, 0) is 11.3 Å². The van der Waals surface area contributed by atoms with Crippen molar-refractivity contribution in [3.05, 3.63) is 95.2 Å². The largest absolute Gasteiger partial charge is 0.497 e. The quantitative estimate of drug-likeness (QED) is 0.454. The minimum atomic E-state index is -0.162. The van der Waals surface area contributed by atoms with Crippen molar-refractivity contribution in [2.75, 3.05) is 7.11 Å². The second kappa shape index (κ2) is 8.72. The first kappa shape index (κ1) is 20.1. The molecule has 1 aliphatic rings. The van der Waals surface area contributed by atoms with Gasteiger partial charge in [0.25, 0.3) is 5.91 Å². The van der Waals surface area contributed by atoms with E-state index in [9.17, 15) is 4.79 Å². The number of fused-ring (bicyclic) bond motifs is 1. The van der Waals surface area contributed by atoms with Crippen LogP contribution in [0.1, 0.15) is 11.3 Å². The van der Waals surface area contributed by atoms with Gasteiger partial charge in [0.2, 0.25) is 0 Å². The van der Waals surface area contributed by atoms with Crippen LogP contribution in [-0.4, -0.2) is 27.6 Å². The van der Waals surface area contributed by atoms with Gasteiger partial charge in [-0.25, -0.2) is 4.98 Å². The van der Waals surface area contributed by atoms with Crippen LogP contribution in [0.2, 0.25) is 0 Å². The number of benzene rings is 2. The van der Waals surface area contributed by atoms with Crippen LogP contribution < -0.4 is 10.1 Å². The Bertz CT molecular complexity index is 1340. The second-order valence-corrected chi connectivity index (χ2v) is 8.21. The summed E-state index contributed by atoms with van der Waals surface area (Å²) in [7, 11) is 1.64. The molecular weight excluding hydrogens is 420 g/mol. The molecule has 1 fully saturated rings. The minimum Gasteiger partial charge on any atom is -0.497 e. The van der Waals surface area contributed by atoms with E-state index in [0.717, 1.165) is 33.9 Å². The highest BCUT2D eigenvalue weighted by Gasteiger charge is 2.24. The maximum absolute atomic E-state index is 12.6. The molecule has 0 saturated carbocycles. The third-order valence-electron chi connectivity index (χ3n) is 5.09. The minimum absolute atomic E-state index is 0.162. The Morgan fingerprint density at radius 1 is 1.06 bits per heavy atom. The molecule has 2 aromatic carbocycles. The number of rotatable bonds is 5. The molecular formula is C25H20N4O2S. The molecule has 4 aromatic rings. The zero-order valence-electron chi connectivity index (χ0n) is 17.4. The Hall–Kier alpha value is -3.84. The predicted molar refractivity (Wildman–Crippen MR) is 128 cm³/mol. The van der Waals surface area contributed by atoms with E-state index in [1.807, 2.05) is 89.5 Å². The van der Waals surface area contributed by atoms with Crippen LogP contribution in [0.3, 0.4) is 0 Å². The lowest BCUT2D eigenvalue weighted by atomic mass is 10.2. The van der Waals surface area contributed by atoms with E-state index in [-0.39, 0.29) is 5.91 Å². The summed E-state index contributed by atoms with van der Waals surface area (Å²) in [6, 6.07) is 23.6. The van der Waals surface area contributed by atoms with Crippen LogP contribution in [0.15, 0.2) is 88.9 Å². The summed E-state index contributed by atoms with van der Waals surface area (Å²) in [5.74, 6) is 1.43. The molecule has 0 bridgehead atoms. The molecule has 1 N–H and O–H groups in total. The normalized spacial score (nSPS) is 16.1. The maximum Gasteiger partial charge on any atom is 0.264 e. The molecule has 7 heteroatoms. The molecule has 1 saturated heterocycles. The van der Waals surface area contributed by atoms with E-state index in [1.165, 1.54) is 11.8 Å². The number of imidazole rings is 1. The number of nitrogens with zero attached hydrogens (tertiary/aromatic N) is 3. The van der Waals surface area contributed by atoms with Crippen LogP contribution in [0.4, 0.5) is 0 Å². The van der Waals surface area contributed by atoms with Gasteiger partial charge in [0.05, 0.1) is 29.8 Å². The van der Waals surface area contributed by atoms with Crippen molar-refractivity contribution in [3.63, 3.8) is 0 Å². The summed E-state index contributed by atoms with van der Waals surface area (Å²) < 4.78 is 7.29. The first-order valence-corrected chi connectivity index (χ1v) is 10.9. The summed E-state index contributed by atoms with van der Waals surface area (Å²) >= 11 is 1.34. The Labute approximate surface area is 189 Å². The summed E-state index contributed by atoms with van der Waals surface area (Å²) in [5.41, 5.74) is 3.72. The van der Waals surface area contributed by atoms with Crippen molar-refractivity contribution in [1.29, 1.82) is 0 Å². The first-order chi connectivity index (χ1) is 15.7. The molecule has 158 valence electrons. The topological polar surface area (TPSA) is 68.0 Å². The standard InChI is InChI=1S/C25H20N4O2S/c1-31-19-12-10-18(11-13-19)23-27-20(21-9-5-6-14-29(21)23)15-22-24(30)28-25(32-22)26-16-17-7-3-2-4-8-17/h2-15H,16H2,1H3,(H,26,28,30)/b22-15-. The number of thioether (sulfide) groups is 1. The van der Waals surface area contributed by atoms with Crippen molar-refractivity contribution in [2.24, 2.45) is 4.99 Å². The first-order valence-electron chi connectivity index (χ1n) is 10.1. The monoisotopic (exact) mass is 440 g/mol. The van der Waals surface area contributed by atoms with Gasteiger partial charge in [0.1, 0.15) is 11.6 Å². The van der Waals surface area contributed by atoms with Gasteiger partial charge < -0.3 is 10.1 Å². The molecule has 0 radical (unpaired) electrons. The summed E-state index contributed by atoms with van der Waals surface area (Å²) in [4.78, 5) is 22.5. The van der Waals surface area contributed by atoms with Gasteiger partial charge in [0, 0.05) is 11.8 Å². The average molecular weight is 441 g/mol. The Balaban J connectivity index is 1.46. The summed E-state index contributed by atoms with van der Waals surface area (Å²) in [6.45, 7) is 0.520. The molecule has 5 rings (SSSR count). The van der Waals surface area contributed by atoms with E-state index in [0.29, 0.717) is 16.6 Å². The number of hydrogen-bond donors (Lipinski definition) is 1. The van der Waals surface area contributed by atoms with E-state index < -0.39 is 0 Å². The molecule has 0 atom stereocenters. The number of carbonyl (C=O) groups excluding carboxylic acids is 1. The van der Waals surface area contributed by atoms with Gasteiger partial charge in [-0.15, -0.1) is 0 Å². The van der Waals surface area contributed by atoms with Crippen molar-refractivity contribution < 1.29 is 9.53 Å². The molecule has 32 heavy (non-hydrogen) atoms. The number of amidine groups is 1. The highest BCUT2D eigenvalue weighted by atomic mass is 32.2. The SMILES string of the molecule is COc1ccc(-c2nc(/C=C3\SC(=NCc4ccccc4)NC3=O)c3ccccn23)cc1. The number of nitrogens with one attached hydrogen (secondary N) is 1. The highest BCUT2D eigenvalue weighted by Crippen LogP contribution is 2.30. The van der Waals surface area contributed by atoms with Gasteiger partial charge in [-0.1, -0.05) is 36.4 Å². The number of aliphatic imine (C=N–C) groups is 1. The number of ether oxygens (including phenoxy) is 1. The fourth-order valence-electron chi connectivity index (χ4n) is 3.48. The van der Waals surface area contributed by atoms with E-state index in [2.05, 4.69) is 10.3 Å². The second-order valence-electron chi connectivity index (χ2n) is 7.18. The molecule has 1 amide bonds. The fourth-order valence-corrected chi connectivity index (χ4v) is 4.28. The summed E-state index contributed by atoms with van der Waals surface area (Å²) in [6.07, 6.45) is 3.80. The van der Waals surface area contributed by atoms with E-state index in [4.69, 9.17) is 9.72 Å². The zero-order chi connectivity index (χ0) is 21.9. The van der Waals surface area contributed by atoms with E-state index in [1.54, 1.807) is 7.11 Å². The zero-order valence-corrected chi connectivity index (χ0v) is 18.2. The Morgan fingerprint density at radius 2 is 1.84 bits per heavy atom. The van der Waals surface area contributed by atoms with Crippen molar-refractivity contribution in [1.82, 2.24) is 14.7 Å². The Morgan fingerprint density at radius 3 is 2.62 bits per heavy atom. The predicted octanol–water partition coefficient (Wildman–Crippen LogP) is 4.77. The maximum atomic E-state index is 12.6. The van der Waals surface area contributed by atoms with Crippen LogP contribution in [0.25, 0.3) is 23.0 Å². The van der Waals surface area contributed by atoms with Crippen LogP contribution in [0, 0.1) is 0 Å². The lowest BCUT2D eigenvalue weighted by Gasteiger charge is -2.03. The highest BCUT2D eigenvalue weighted by molar-refractivity contribution is 8.18. The summed E-state index contributed by atoms with van der Waals surface area (Å²) in [5, 5.41) is 3.45. The lowest BCUT2D eigenvalue weighted by Crippen LogP contribution is -2.19. The van der Waals surface area contributed by atoms with Crippen molar-refractivity contribution in [3.8, 4) is 17.1 Å². The van der Waals surface area contributed by atoms with Crippen LogP contribution >= 0.6 is 11.8 Å². The van der Waals surface area contributed by atoms with Gasteiger partial charge in [-0.2, -0.15) is 0 Å². The van der Waals surface area contributed by atoms with Gasteiger partial charge in [-0.05, 0) is 59.8 Å².